The summed E-state index contributed by atoms with van der Waals surface area (Å²) in [6.07, 6.45) is 5.79. The maximum Gasteiger partial charge on any atom is 0.228 e. The van der Waals surface area contributed by atoms with Gasteiger partial charge in [0.2, 0.25) is 11.9 Å². The van der Waals surface area contributed by atoms with Crippen molar-refractivity contribution in [1.82, 2.24) is 15.3 Å². The summed E-state index contributed by atoms with van der Waals surface area (Å²) in [4.78, 5) is 23.5. The van der Waals surface area contributed by atoms with Gasteiger partial charge in [0.25, 0.3) is 0 Å². The topological polar surface area (TPSA) is 58.1 Å². The van der Waals surface area contributed by atoms with Crippen LogP contribution in [0.15, 0.2) is 6.20 Å². The summed E-state index contributed by atoms with van der Waals surface area (Å²) in [6, 6.07) is 0. The van der Waals surface area contributed by atoms with Gasteiger partial charge in [0.1, 0.15) is 0 Å². The Balaban J connectivity index is 1.81. The molecule has 3 heterocycles. The molecule has 2 fully saturated rings. The average molecular weight is 274 g/mol. The molecule has 1 aromatic heterocycles. The van der Waals surface area contributed by atoms with Gasteiger partial charge in [0, 0.05) is 31.5 Å². The van der Waals surface area contributed by atoms with Gasteiger partial charge >= 0.3 is 0 Å². The minimum absolute atomic E-state index is 0.209. The molecule has 0 aromatic carbocycles. The summed E-state index contributed by atoms with van der Waals surface area (Å²) in [5.74, 6) is 0.997. The Morgan fingerprint density at radius 1 is 1.45 bits per heavy atom. The van der Waals surface area contributed by atoms with E-state index in [1.165, 1.54) is 0 Å². The number of carbonyl (C=O) groups excluding carboxylic acids is 1. The number of hydrogen-bond donors (Lipinski definition) is 1. The molecule has 0 radical (unpaired) electrons. The van der Waals surface area contributed by atoms with E-state index in [1.807, 2.05) is 13.1 Å². The fourth-order valence-corrected chi connectivity index (χ4v) is 3.34. The molecule has 2 aliphatic rings. The Labute approximate surface area is 119 Å². The molecule has 1 aromatic rings. The molecule has 5 heteroatoms. The highest BCUT2D eigenvalue weighted by atomic mass is 16.2. The van der Waals surface area contributed by atoms with Crippen molar-refractivity contribution in [3.05, 3.63) is 17.5 Å². The van der Waals surface area contributed by atoms with Gasteiger partial charge in [-0.1, -0.05) is 6.92 Å². The van der Waals surface area contributed by atoms with E-state index in [-0.39, 0.29) is 11.3 Å². The van der Waals surface area contributed by atoms with Crippen molar-refractivity contribution in [3.63, 3.8) is 0 Å². The third-order valence-electron chi connectivity index (χ3n) is 4.63. The zero-order valence-corrected chi connectivity index (χ0v) is 12.3. The summed E-state index contributed by atoms with van der Waals surface area (Å²) in [5.41, 5.74) is 2.03. The highest BCUT2D eigenvalue weighted by Gasteiger charge is 2.46. The maximum atomic E-state index is 12.2. The standard InChI is InChI=1S/C15H22N4O/c1-3-12-11(2)9-17-14(18-12)19-8-6-15(10-19)5-4-7-16-13(15)20/h9H,3-8,10H2,1-2H3,(H,16,20)/t15-/m0/s1. The van der Waals surface area contributed by atoms with Gasteiger partial charge in [-0.2, -0.15) is 0 Å². The molecule has 1 spiro atoms. The number of anilines is 1. The van der Waals surface area contributed by atoms with E-state index in [4.69, 9.17) is 0 Å². The van der Waals surface area contributed by atoms with E-state index >= 15 is 0 Å². The lowest BCUT2D eigenvalue weighted by Gasteiger charge is -2.32. The molecular formula is C15H22N4O. The van der Waals surface area contributed by atoms with Crippen molar-refractivity contribution in [3.8, 4) is 0 Å². The predicted molar refractivity (Wildman–Crippen MR) is 77.7 cm³/mol. The first kappa shape index (κ1) is 13.3. The first-order valence-electron chi connectivity index (χ1n) is 7.50. The number of rotatable bonds is 2. The van der Waals surface area contributed by atoms with Crippen molar-refractivity contribution in [2.45, 2.75) is 39.5 Å². The summed E-state index contributed by atoms with van der Waals surface area (Å²) < 4.78 is 0. The molecule has 1 N–H and O–H groups in total. The first-order chi connectivity index (χ1) is 9.64. The summed E-state index contributed by atoms with van der Waals surface area (Å²) in [7, 11) is 0. The fourth-order valence-electron chi connectivity index (χ4n) is 3.34. The predicted octanol–water partition coefficient (Wildman–Crippen LogP) is 1.45. The number of nitrogens with zero attached hydrogens (tertiary/aromatic N) is 3. The van der Waals surface area contributed by atoms with Gasteiger partial charge in [-0.3, -0.25) is 4.79 Å². The van der Waals surface area contributed by atoms with E-state index in [9.17, 15) is 4.79 Å². The Morgan fingerprint density at radius 2 is 2.30 bits per heavy atom. The lowest BCUT2D eigenvalue weighted by atomic mass is 9.79. The molecule has 5 nitrogen and oxygen atoms in total. The van der Waals surface area contributed by atoms with Crippen LogP contribution < -0.4 is 10.2 Å². The summed E-state index contributed by atoms with van der Waals surface area (Å²) in [6.45, 7) is 6.61. The van der Waals surface area contributed by atoms with E-state index in [0.717, 1.165) is 62.5 Å². The minimum Gasteiger partial charge on any atom is -0.356 e. The molecule has 0 saturated carbocycles. The second kappa shape index (κ2) is 5.04. The zero-order chi connectivity index (χ0) is 14.2. The molecule has 0 unspecified atom stereocenters. The second-order valence-electron chi connectivity index (χ2n) is 5.96. The van der Waals surface area contributed by atoms with Crippen LogP contribution in [0.3, 0.4) is 0 Å². The third-order valence-corrected chi connectivity index (χ3v) is 4.63. The van der Waals surface area contributed by atoms with Gasteiger partial charge in [-0.05, 0) is 38.2 Å². The van der Waals surface area contributed by atoms with Gasteiger partial charge in [-0.25, -0.2) is 9.97 Å². The van der Waals surface area contributed by atoms with Gasteiger partial charge in [-0.15, -0.1) is 0 Å². The van der Waals surface area contributed by atoms with Crippen LogP contribution in [0.1, 0.15) is 37.4 Å². The van der Waals surface area contributed by atoms with Crippen LogP contribution in [0.2, 0.25) is 0 Å². The van der Waals surface area contributed by atoms with Crippen LogP contribution in [-0.4, -0.2) is 35.5 Å². The van der Waals surface area contributed by atoms with Crippen molar-refractivity contribution in [2.24, 2.45) is 5.41 Å². The Morgan fingerprint density at radius 3 is 3.05 bits per heavy atom. The third kappa shape index (κ3) is 2.15. The Hall–Kier alpha value is -1.65. The molecule has 0 aliphatic carbocycles. The van der Waals surface area contributed by atoms with E-state index < -0.39 is 0 Å². The van der Waals surface area contributed by atoms with Crippen molar-refractivity contribution >= 4 is 11.9 Å². The molecule has 2 aliphatic heterocycles. The first-order valence-corrected chi connectivity index (χ1v) is 7.50. The van der Waals surface area contributed by atoms with Crippen LogP contribution in [0.4, 0.5) is 5.95 Å². The lowest BCUT2D eigenvalue weighted by Crippen LogP contribution is -2.47. The highest BCUT2D eigenvalue weighted by molar-refractivity contribution is 5.84. The van der Waals surface area contributed by atoms with E-state index in [0.29, 0.717) is 0 Å². The van der Waals surface area contributed by atoms with Crippen LogP contribution in [-0.2, 0) is 11.2 Å². The Bertz CT molecular complexity index is 531. The number of piperidine rings is 1. The van der Waals surface area contributed by atoms with Crippen LogP contribution in [0.25, 0.3) is 0 Å². The molecule has 1 amide bonds. The monoisotopic (exact) mass is 274 g/mol. The van der Waals surface area contributed by atoms with Crippen molar-refractivity contribution in [1.29, 1.82) is 0 Å². The normalized spacial score (nSPS) is 26.1. The van der Waals surface area contributed by atoms with Crippen LogP contribution in [0, 0.1) is 12.3 Å². The molecule has 0 bridgehead atoms. The number of hydrogen-bond acceptors (Lipinski definition) is 4. The molecule has 1 atom stereocenters. The van der Waals surface area contributed by atoms with Crippen LogP contribution in [0.5, 0.6) is 0 Å². The zero-order valence-electron chi connectivity index (χ0n) is 12.3. The smallest absolute Gasteiger partial charge is 0.228 e. The number of carbonyl (C=O) groups is 1. The minimum atomic E-state index is -0.209. The number of nitrogens with one attached hydrogen (secondary N) is 1. The van der Waals surface area contributed by atoms with Gasteiger partial charge < -0.3 is 10.2 Å². The number of aryl methyl sites for hydroxylation is 2. The average Bonchev–Trinajstić information content (AvgIpc) is 2.88. The fraction of sp³-hybridized carbons (Fsp3) is 0.667. The second-order valence-corrected chi connectivity index (χ2v) is 5.96. The summed E-state index contributed by atoms with van der Waals surface area (Å²) >= 11 is 0. The number of aromatic nitrogens is 2. The molecule has 2 saturated heterocycles. The molecule has 3 rings (SSSR count). The van der Waals surface area contributed by atoms with Crippen molar-refractivity contribution < 1.29 is 4.79 Å². The molecule has 20 heavy (non-hydrogen) atoms. The number of amides is 1. The largest absolute Gasteiger partial charge is 0.356 e. The Kier molecular flexibility index (Phi) is 3.36. The van der Waals surface area contributed by atoms with E-state index in [2.05, 4.69) is 27.1 Å². The molecule has 108 valence electrons. The quantitative estimate of drug-likeness (QED) is 0.887. The maximum absolute atomic E-state index is 12.2. The van der Waals surface area contributed by atoms with Gasteiger partial charge in [0.15, 0.2) is 0 Å². The lowest BCUT2D eigenvalue weighted by molar-refractivity contribution is -0.132. The highest BCUT2D eigenvalue weighted by Crippen LogP contribution is 2.38. The SMILES string of the molecule is CCc1nc(N2CC[C@@]3(CCCNC3=O)C2)ncc1C. The van der Waals surface area contributed by atoms with Crippen molar-refractivity contribution in [2.75, 3.05) is 24.5 Å². The summed E-state index contributed by atoms with van der Waals surface area (Å²) in [5, 5.41) is 3.01. The van der Waals surface area contributed by atoms with E-state index in [1.54, 1.807) is 0 Å². The van der Waals surface area contributed by atoms with Gasteiger partial charge in [0.05, 0.1) is 5.41 Å². The molecular weight excluding hydrogens is 252 g/mol. The van der Waals surface area contributed by atoms with Crippen LogP contribution >= 0.6 is 0 Å².